The third-order valence-electron chi connectivity index (χ3n) is 4.77. The first-order valence-corrected chi connectivity index (χ1v) is 12.2. The van der Waals surface area contributed by atoms with Gasteiger partial charge in [0, 0.05) is 48.3 Å². The van der Waals surface area contributed by atoms with E-state index in [0.29, 0.717) is 54.7 Å². The highest BCUT2D eigenvalue weighted by Crippen LogP contribution is 2.25. The smallest absolute Gasteiger partial charge is 0.248 e. The van der Waals surface area contributed by atoms with Crippen LogP contribution in [0.4, 0.5) is 0 Å². The van der Waals surface area contributed by atoms with Crippen molar-refractivity contribution in [3.8, 4) is 0 Å². The van der Waals surface area contributed by atoms with Gasteiger partial charge < -0.3 is 9.42 Å². The van der Waals surface area contributed by atoms with Crippen molar-refractivity contribution in [3.05, 3.63) is 40.7 Å². The van der Waals surface area contributed by atoms with Crippen LogP contribution in [0.15, 0.2) is 38.6 Å². The summed E-state index contributed by atoms with van der Waals surface area (Å²) in [7, 11) is -3.68. The molecule has 1 amide bonds. The first-order chi connectivity index (χ1) is 13.8. The fourth-order valence-corrected chi connectivity index (χ4v) is 6.03. The van der Waals surface area contributed by atoms with Crippen molar-refractivity contribution >= 4 is 39.3 Å². The standard InChI is InChI=1S/C19H24ClN3O4S2/c1-14-19(15(2)27-21-14)29(25,26)23-10-3-9-22(11-12-23)18(24)8-13-28-17-6-4-16(20)5-7-17/h4-7H,3,8-13H2,1-2H3. The Balaban J connectivity index is 1.55. The van der Waals surface area contributed by atoms with E-state index in [1.165, 1.54) is 4.31 Å². The highest BCUT2D eigenvalue weighted by atomic mass is 35.5. The third kappa shape index (κ3) is 5.33. The summed E-state index contributed by atoms with van der Waals surface area (Å²) in [5.74, 6) is 1.000. The number of carbonyl (C=O) groups excluding carboxylic acids is 1. The second-order valence-corrected chi connectivity index (χ2v) is 10.3. The van der Waals surface area contributed by atoms with E-state index < -0.39 is 10.0 Å². The molecule has 0 aliphatic carbocycles. The van der Waals surface area contributed by atoms with Crippen LogP contribution in [0.2, 0.25) is 5.02 Å². The number of amides is 1. The summed E-state index contributed by atoms with van der Waals surface area (Å²) >= 11 is 7.48. The summed E-state index contributed by atoms with van der Waals surface area (Å²) in [6.45, 7) is 4.79. The van der Waals surface area contributed by atoms with Crippen LogP contribution in [0, 0.1) is 13.8 Å². The number of aromatic nitrogens is 1. The average Bonchev–Trinajstić information content (AvgIpc) is 2.88. The predicted molar refractivity (Wildman–Crippen MR) is 113 cm³/mol. The Labute approximate surface area is 180 Å². The second-order valence-electron chi connectivity index (χ2n) is 6.84. The number of benzene rings is 1. The van der Waals surface area contributed by atoms with Crippen molar-refractivity contribution in [1.29, 1.82) is 0 Å². The SMILES string of the molecule is Cc1noc(C)c1S(=O)(=O)N1CCCN(C(=O)CCSc2ccc(Cl)cc2)CC1. The number of thioether (sulfide) groups is 1. The van der Waals surface area contributed by atoms with E-state index in [9.17, 15) is 13.2 Å². The molecule has 1 aliphatic rings. The van der Waals surface area contributed by atoms with Crippen LogP contribution in [0.3, 0.4) is 0 Å². The lowest BCUT2D eigenvalue weighted by Crippen LogP contribution is -2.37. The van der Waals surface area contributed by atoms with Crippen molar-refractivity contribution in [2.24, 2.45) is 0 Å². The van der Waals surface area contributed by atoms with E-state index in [1.807, 2.05) is 24.3 Å². The number of carbonyl (C=O) groups is 1. The summed E-state index contributed by atoms with van der Waals surface area (Å²) in [5.41, 5.74) is 0.360. The fraction of sp³-hybridized carbons (Fsp3) is 0.474. The highest BCUT2D eigenvalue weighted by molar-refractivity contribution is 7.99. The zero-order valence-corrected chi connectivity index (χ0v) is 18.8. The van der Waals surface area contributed by atoms with E-state index in [-0.39, 0.29) is 17.3 Å². The van der Waals surface area contributed by atoms with Gasteiger partial charge in [0.2, 0.25) is 15.9 Å². The first-order valence-electron chi connectivity index (χ1n) is 9.38. The van der Waals surface area contributed by atoms with Crippen LogP contribution in [-0.4, -0.2) is 60.6 Å². The van der Waals surface area contributed by atoms with Crippen LogP contribution < -0.4 is 0 Å². The summed E-state index contributed by atoms with van der Waals surface area (Å²) < 4.78 is 32.4. The van der Waals surface area contributed by atoms with Crippen molar-refractivity contribution in [3.63, 3.8) is 0 Å². The molecule has 2 aromatic rings. The maximum Gasteiger partial charge on any atom is 0.248 e. The summed E-state index contributed by atoms with van der Waals surface area (Å²) in [6.07, 6.45) is 1.00. The largest absolute Gasteiger partial charge is 0.360 e. The summed E-state index contributed by atoms with van der Waals surface area (Å²) in [5, 5.41) is 4.44. The zero-order valence-electron chi connectivity index (χ0n) is 16.4. The molecule has 1 aliphatic heterocycles. The van der Waals surface area contributed by atoms with Gasteiger partial charge >= 0.3 is 0 Å². The molecule has 0 radical (unpaired) electrons. The molecule has 1 saturated heterocycles. The van der Waals surface area contributed by atoms with Gasteiger partial charge in [0.25, 0.3) is 0 Å². The molecule has 2 heterocycles. The van der Waals surface area contributed by atoms with Crippen molar-refractivity contribution in [2.75, 3.05) is 31.9 Å². The van der Waals surface area contributed by atoms with Crippen molar-refractivity contribution in [2.45, 2.75) is 36.5 Å². The number of rotatable bonds is 6. The van der Waals surface area contributed by atoms with Crippen molar-refractivity contribution in [1.82, 2.24) is 14.4 Å². The van der Waals surface area contributed by atoms with E-state index >= 15 is 0 Å². The molecule has 0 unspecified atom stereocenters. The van der Waals surface area contributed by atoms with Gasteiger partial charge in [-0.15, -0.1) is 11.8 Å². The quantitative estimate of drug-likeness (QED) is 0.618. The molecule has 29 heavy (non-hydrogen) atoms. The lowest BCUT2D eigenvalue weighted by Gasteiger charge is -2.22. The van der Waals surface area contributed by atoms with Gasteiger partial charge in [-0.3, -0.25) is 4.79 Å². The molecule has 3 rings (SSSR count). The van der Waals surface area contributed by atoms with Crippen LogP contribution in [-0.2, 0) is 14.8 Å². The lowest BCUT2D eigenvalue weighted by molar-refractivity contribution is -0.130. The Morgan fingerprint density at radius 1 is 1.17 bits per heavy atom. The second kappa shape index (κ2) is 9.51. The van der Waals surface area contributed by atoms with Gasteiger partial charge in [0.15, 0.2) is 5.76 Å². The monoisotopic (exact) mass is 457 g/mol. The Morgan fingerprint density at radius 2 is 1.90 bits per heavy atom. The van der Waals surface area contributed by atoms with Gasteiger partial charge in [0.1, 0.15) is 10.6 Å². The van der Waals surface area contributed by atoms with E-state index in [0.717, 1.165) is 4.90 Å². The minimum atomic E-state index is -3.68. The molecule has 7 nitrogen and oxygen atoms in total. The molecular weight excluding hydrogens is 434 g/mol. The Kier molecular flexibility index (Phi) is 7.26. The maximum absolute atomic E-state index is 13.0. The van der Waals surface area contributed by atoms with Gasteiger partial charge in [-0.05, 0) is 44.5 Å². The van der Waals surface area contributed by atoms with Gasteiger partial charge in [-0.2, -0.15) is 4.31 Å². The van der Waals surface area contributed by atoms with Crippen LogP contribution in [0.1, 0.15) is 24.3 Å². The molecule has 10 heteroatoms. The molecular formula is C19H24ClN3O4S2. The number of hydrogen-bond donors (Lipinski definition) is 0. The van der Waals surface area contributed by atoms with Crippen LogP contribution >= 0.6 is 23.4 Å². The number of halogens is 1. The van der Waals surface area contributed by atoms with E-state index in [4.69, 9.17) is 16.1 Å². The molecule has 0 saturated carbocycles. The zero-order chi connectivity index (χ0) is 21.0. The molecule has 0 bridgehead atoms. The highest BCUT2D eigenvalue weighted by Gasteiger charge is 2.32. The van der Waals surface area contributed by atoms with Gasteiger partial charge in [-0.1, -0.05) is 16.8 Å². The minimum absolute atomic E-state index is 0.0445. The van der Waals surface area contributed by atoms with Crippen LogP contribution in [0.5, 0.6) is 0 Å². The number of nitrogens with zero attached hydrogens (tertiary/aromatic N) is 3. The molecule has 0 atom stereocenters. The molecule has 1 fully saturated rings. The van der Waals surface area contributed by atoms with Gasteiger partial charge in [-0.25, -0.2) is 8.42 Å². The summed E-state index contributed by atoms with van der Waals surface area (Å²) in [6, 6.07) is 7.52. The third-order valence-corrected chi connectivity index (χ3v) is 8.18. The molecule has 1 aromatic carbocycles. The van der Waals surface area contributed by atoms with Crippen molar-refractivity contribution < 1.29 is 17.7 Å². The molecule has 158 valence electrons. The minimum Gasteiger partial charge on any atom is -0.360 e. The Morgan fingerprint density at radius 3 is 2.55 bits per heavy atom. The number of aryl methyl sites for hydroxylation is 2. The Bertz CT molecular complexity index is 941. The van der Waals surface area contributed by atoms with Crippen LogP contribution in [0.25, 0.3) is 0 Å². The lowest BCUT2D eigenvalue weighted by atomic mass is 10.3. The first kappa shape index (κ1) is 22.1. The normalized spacial score (nSPS) is 16.0. The molecule has 0 spiro atoms. The predicted octanol–water partition coefficient (Wildman–Crippen LogP) is 3.35. The number of sulfonamides is 1. The van der Waals surface area contributed by atoms with E-state index in [2.05, 4.69) is 5.16 Å². The van der Waals surface area contributed by atoms with E-state index in [1.54, 1.807) is 30.5 Å². The number of hydrogen-bond acceptors (Lipinski definition) is 6. The van der Waals surface area contributed by atoms with Gasteiger partial charge in [0.05, 0.1) is 0 Å². The Hall–Kier alpha value is -1.55. The maximum atomic E-state index is 13.0. The average molecular weight is 458 g/mol. The fourth-order valence-electron chi connectivity index (χ4n) is 3.30. The molecule has 0 N–H and O–H groups in total. The molecule has 1 aromatic heterocycles. The summed E-state index contributed by atoms with van der Waals surface area (Å²) in [4.78, 5) is 15.5. The topological polar surface area (TPSA) is 83.7 Å².